The molecule has 5 aromatic carbocycles. The highest BCUT2D eigenvalue weighted by Gasteiger charge is 2.14. The molecule has 288 valence electrons. The fourth-order valence-corrected chi connectivity index (χ4v) is 7.33. The molecule has 2 heteroatoms. The Morgan fingerprint density at radius 3 is 2.03 bits per heavy atom. The Morgan fingerprint density at radius 1 is 0.661 bits per heavy atom. The monoisotopic (exact) mass is 762 g/mol. The maximum atomic E-state index is 4.59. The van der Waals surface area contributed by atoms with Gasteiger partial charge in [-0.05, 0) is 106 Å². The molecule has 59 heavy (non-hydrogen) atoms. The smallest absolute Gasteiger partial charge is 0.0530 e. The molecule has 2 heterocycles. The van der Waals surface area contributed by atoms with Crippen LogP contribution in [-0.2, 0) is 0 Å². The summed E-state index contributed by atoms with van der Waals surface area (Å²) in [6.45, 7) is 13.5. The summed E-state index contributed by atoms with van der Waals surface area (Å²) < 4.78 is 2.36. The van der Waals surface area contributed by atoms with Crippen LogP contribution in [0.3, 0.4) is 0 Å². The van der Waals surface area contributed by atoms with Crippen LogP contribution in [-0.4, -0.2) is 11.1 Å². The molecule has 1 aliphatic heterocycles. The van der Waals surface area contributed by atoms with Crippen LogP contribution in [0.15, 0.2) is 238 Å². The molecule has 1 aliphatic rings. The minimum atomic E-state index is 0.675. The number of rotatable bonds is 11. The van der Waals surface area contributed by atoms with Crippen LogP contribution in [0.1, 0.15) is 40.4 Å². The molecule has 0 bridgehead atoms. The molecule has 0 spiro atoms. The molecule has 0 aliphatic carbocycles. The Hall–Kier alpha value is -7.42. The van der Waals surface area contributed by atoms with Gasteiger partial charge in [0.15, 0.2) is 0 Å². The summed E-state index contributed by atoms with van der Waals surface area (Å²) >= 11 is 0. The summed E-state index contributed by atoms with van der Waals surface area (Å²) in [6, 6.07) is 57.5. The van der Waals surface area contributed by atoms with Gasteiger partial charge in [0.2, 0.25) is 0 Å². The summed E-state index contributed by atoms with van der Waals surface area (Å²) in [5.74, 6) is 0. The Balaban J connectivity index is 1.34. The van der Waals surface area contributed by atoms with Crippen LogP contribution >= 0.6 is 0 Å². The zero-order valence-electron chi connectivity index (χ0n) is 34.0. The third kappa shape index (κ3) is 9.94. The van der Waals surface area contributed by atoms with Crippen molar-refractivity contribution in [3.05, 3.63) is 271 Å². The standard InChI is InChI=1S/C57H50N2/c1-5-21-48(50-26-14-9-15-27-50)29-20-40-58-41-39-53(42-44(3)55-30-17-19-32-57(55)58)51-35-33-45(4)59(56-31-18-16-28-52(56)37-36-51)54(38-34-46-22-10-7-11-23-46)43-47(6-2)49-24-12-8-13-25-49/h5-39,41-43H,1,3,40H2,2,4H3/b29-20-,37-36?,38-34+,41-39-,45-33?,47-6+,48-21+,51-35?,53-42+,54-43+. The zero-order chi connectivity index (χ0) is 40.8. The van der Waals surface area contributed by atoms with Gasteiger partial charge in [-0.3, -0.25) is 0 Å². The Labute approximate surface area is 350 Å². The van der Waals surface area contributed by atoms with Gasteiger partial charge < -0.3 is 9.47 Å². The second-order valence-electron chi connectivity index (χ2n) is 14.3. The summed E-state index contributed by atoms with van der Waals surface area (Å²) in [5, 5.41) is 1.11. The first-order valence-corrected chi connectivity index (χ1v) is 20.1. The highest BCUT2D eigenvalue weighted by Crippen LogP contribution is 2.33. The van der Waals surface area contributed by atoms with Crippen LogP contribution < -0.4 is 4.90 Å². The highest BCUT2D eigenvalue weighted by molar-refractivity contribution is 5.93. The van der Waals surface area contributed by atoms with Gasteiger partial charge in [0.1, 0.15) is 0 Å². The molecule has 0 amide bonds. The van der Waals surface area contributed by atoms with E-state index in [1.54, 1.807) is 0 Å². The van der Waals surface area contributed by atoms with E-state index in [1.165, 1.54) is 5.56 Å². The fourth-order valence-electron chi connectivity index (χ4n) is 7.33. The molecular formula is C57H50N2. The summed E-state index contributed by atoms with van der Waals surface area (Å²) in [6.07, 6.45) is 23.8. The van der Waals surface area contributed by atoms with Gasteiger partial charge in [0, 0.05) is 35.4 Å². The van der Waals surface area contributed by atoms with Crippen molar-refractivity contribution in [1.29, 1.82) is 0 Å². The van der Waals surface area contributed by atoms with Gasteiger partial charge in [0.25, 0.3) is 0 Å². The van der Waals surface area contributed by atoms with Crippen LogP contribution in [0.4, 0.5) is 5.69 Å². The number of anilines is 1. The van der Waals surface area contributed by atoms with E-state index in [0.717, 1.165) is 72.5 Å². The molecule has 0 atom stereocenters. The first kappa shape index (κ1) is 39.8. The van der Waals surface area contributed by atoms with E-state index >= 15 is 0 Å². The second-order valence-corrected chi connectivity index (χ2v) is 14.3. The summed E-state index contributed by atoms with van der Waals surface area (Å²) in [5.41, 5.74) is 14.3. The molecule has 0 fully saturated rings. The van der Waals surface area contributed by atoms with E-state index in [0.29, 0.717) is 6.54 Å². The van der Waals surface area contributed by atoms with Gasteiger partial charge in [-0.25, -0.2) is 0 Å². The first-order valence-electron chi connectivity index (χ1n) is 20.1. The van der Waals surface area contributed by atoms with Crippen molar-refractivity contribution in [2.75, 3.05) is 11.4 Å². The predicted octanol–water partition coefficient (Wildman–Crippen LogP) is 15.0. The van der Waals surface area contributed by atoms with Crippen LogP contribution in [0.25, 0.3) is 45.0 Å². The van der Waals surface area contributed by atoms with E-state index in [-0.39, 0.29) is 0 Å². The van der Waals surface area contributed by atoms with Crippen molar-refractivity contribution in [3.63, 3.8) is 0 Å². The number of fused-ring (bicyclic) bond motifs is 2. The molecule has 0 saturated carbocycles. The lowest BCUT2D eigenvalue weighted by Gasteiger charge is -2.24. The van der Waals surface area contributed by atoms with Crippen LogP contribution in [0.2, 0.25) is 0 Å². The molecule has 7 rings (SSSR count). The number of nitrogens with zero attached hydrogens (tertiary/aromatic N) is 2. The number of aryl methyl sites for hydroxylation is 1. The molecule has 2 nitrogen and oxygen atoms in total. The van der Waals surface area contributed by atoms with E-state index in [2.05, 4.69) is 255 Å². The highest BCUT2D eigenvalue weighted by atomic mass is 15.1. The van der Waals surface area contributed by atoms with Crippen LogP contribution in [0, 0.1) is 6.92 Å². The largest absolute Gasteiger partial charge is 0.344 e. The Morgan fingerprint density at radius 2 is 1.31 bits per heavy atom. The van der Waals surface area contributed by atoms with Gasteiger partial charge >= 0.3 is 0 Å². The van der Waals surface area contributed by atoms with E-state index in [9.17, 15) is 0 Å². The molecule has 0 N–H and O–H groups in total. The summed E-state index contributed by atoms with van der Waals surface area (Å²) in [4.78, 5) is 2.29. The van der Waals surface area contributed by atoms with Gasteiger partial charge in [0.05, 0.1) is 5.52 Å². The van der Waals surface area contributed by atoms with Crippen molar-refractivity contribution in [2.45, 2.75) is 13.8 Å². The number of hydrogen-bond acceptors (Lipinski definition) is 1. The first-order chi connectivity index (χ1) is 29.0. The molecule has 0 unspecified atom stereocenters. The van der Waals surface area contributed by atoms with Crippen molar-refractivity contribution in [2.24, 2.45) is 0 Å². The molecule has 0 radical (unpaired) electrons. The lowest BCUT2D eigenvalue weighted by molar-refractivity contribution is 1.07. The minimum Gasteiger partial charge on any atom is -0.344 e. The van der Waals surface area contributed by atoms with Crippen molar-refractivity contribution in [3.8, 4) is 0 Å². The second kappa shape index (κ2) is 19.6. The molecule has 1 aromatic heterocycles. The third-order valence-corrected chi connectivity index (χ3v) is 10.4. The Kier molecular flexibility index (Phi) is 13.2. The van der Waals surface area contributed by atoms with E-state index in [1.807, 2.05) is 12.1 Å². The SMILES string of the molecule is C=C/C=C(\C=C/CN1/C=C\C(c2ccc(C)n(C(/C=C/c3ccccc3)=C/C(=C\C)c3ccccc3)c3ccccc3cc2)=C/C(=C)c2ccccc21)c1ccccc1. The predicted molar refractivity (Wildman–Crippen MR) is 258 cm³/mol. The topological polar surface area (TPSA) is 8.17 Å². The van der Waals surface area contributed by atoms with Gasteiger partial charge in [-0.2, -0.15) is 0 Å². The maximum absolute atomic E-state index is 4.59. The number of allylic oxidation sites excluding steroid dienone is 13. The number of para-hydroxylation sites is 2. The minimum absolute atomic E-state index is 0.675. The van der Waals surface area contributed by atoms with Crippen molar-refractivity contribution < 1.29 is 0 Å². The third-order valence-electron chi connectivity index (χ3n) is 10.4. The lowest BCUT2D eigenvalue weighted by atomic mass is 9.97. The molecule has 6 aromatic rings. The average Bonchev–Trinajstić information content (AvgIpc) is 3.35. The molecule has 0 saturated heterocycles. The van der Waals surface area contributed by atoms with E-state index < -0.39 is 0 Å². The van der Waals surface area contributed by atoms with Gasteiger partial charge in [-0.15, -0.1) is 0 Å². The van der Waals surface area contributed by atoms with Gasteiger partial charge in [-0.1, -0.05) is 195 Å². The fraction of sp³-hybridized carbons (Fsp3) is 0.0526. The number of hydrogen-bond donors (Lipinski definition) is 0. The average molecular weight is 763 g/mol. The van der Waals surface area contributed by atoms with Crippen LogP contribution in [0.5, 0.6) is 0 Å². The summed E-state index contributed by atoms with van der Waals surface area (Å²) in [7, 11) is 0. The quantitative estimate of drug-likeness (QED) is 0.119. The Bertz CT molecular complexity index is 2710. The number of benzene rings is 5. The number of aromatic nitrogens is 1. The van der Waals surface area contributed by atoms with Crippen molar-refractivity contribution in [1.82, 2.24) is 4.57 Å². The molecular weight excluding hydrogens is 713 g/mol. The normalized spacial score (nSPS) is 15.0. The van der Waals surface area contributed by atoms with Crippen molar-refractivity contribution >= 4 is 50.7 Å². The van der Waals surface area contributed by atoms with E-state index in [4.69, 9.17) is 0 Å². The zero-order valence-corrected chi connectivity index (χ0v) is 34.0. The lowest BCUT2D eigenvalue weighted by Crippen LogP contribution is -2.18. The maximum Gasteiger partial charge on any atom is 0.0530 e.